The molecular formula is C12H18N2O2S. The van der Waals surface area contributed by atoms with E-state index in [9.17, 15) is 10.1 Å². The summed E-state index contributed by atoms with van der Waals surface area (Å²) in [4.78, 5) is 10.4. The fourth-order valence-electron chi connectivity index (χ4n) is 1.39. The lowest BCUT2D eigenvalue weighted by Gasteiger charge is -2.09. The Morgan fingerprint density at radius 2 is 2.24 bits per heavy atom. The van der Waals surface area contributed by atoms with Crippen LogP contribution in [-0.4, -0.2) is 17.2 Å². The highest BCUT2D eigenvalue weighted by Crippen LogP contribution is 2.28. The van der Waals surface area contributed by atoms with Crippen molar-refractivity contribution in [3.05, 3.63) is 33.9 Å². The SMILES string of the molecule is CCC(C)SCc1ccc([N+](=O)[O-])c(NC)c1. The second kappa shape index (κ2) is 6.49. The van der Waals surface area contributed by atoms with Gasteiger partial charge in [0.05, 0.1) is 4.92 Å². The van der Waals surface area contributed by atoms with E-state index in [0.29, 0.717) is 10.9 Å². The van der Waals surface area contributed by atoms with E-state index in [1.165, 1.54) is 0 Å². The third-order valence-electron chi connectivity index (χ3n) is 2.64. The van der Waals surface area contributed by atoms with Gasteiger partial charge in [0.1, 0.15) is 5.69 Å². The van der Waals surface area contributed by atoms with Gasteiger partial charge in [0.25, 0.3) is 5.69 Å². The van der Waals surface area contributed by atoms with Gasteiger partial charge in [-0.05, 0) is 18.1 Å². The van der Waals surface area contributed by atoms with Gasteiger partial charge < -0.3 is 5.32 Å². The van der Waals surface area contributed by atoms with E-state index in [0.717, 1.165) is 17.7 Å². The van der Waals surface area contributed by atoms with Crippen LogP contribution < -0.4 is 5.32 Å². The standard InChI is InChI=1S/C12H18N2O2S/c1-4-9(2)17-8-10-5-6-12(14(15)16)11(7-10)13-3/h5-7,9,13H,4,8H2,1-3H3. The summed E-state index contributed by atoms with van der Waals surface area (Å²) >= 11 is 1.87. The van der Waals surface area contributed by atoms with Crippen molar-refractivity contribution in [2.45, 2.75) is 31.3 Å². The Hall–Kier alpha value is -1.23. The van der Waals surface area contributed by atoms with Crippen LogP contribution in [0.15, 0.2) is 18.2 Å². The molecule has 0 radical (unpaired) electrons. The van der Waals surface area contributed by atoms with Crippen molar-refractivity contribution in [3.63, 3.8) is 0 Å². The third kappa shape index (κ3) is 3.93. The highest BCUT2D eigenvalue weighted by atomic mass is 32.2. The molecule has 0 heterocycles. The fourth-order valence-corrected chi connectivity index (χ4v) is 2.28. The lowest BCUT2D eigenvalue weighted by molar-refractivity contribution is -0.383. The van der Waals surface area contributed by atoms with Gasteiger partial charge in [-0.15, -0.1) is 0 Å². The summed E-state index contributed by atoms with van der Waals surface area (Å²) in [6.45, 7) is 4.35. The van der Waals surface area contributed by atoms with E-state index in [-0.39, 0.29) is 10.6 Å². The summed E-state index contributed by atoms with van der Waals surface area (Å²) in [6.07, 6.45) is 1.14. The predicted molar refractivity (Wildman–Crippen MR) is 73.7 cm³/mol. The number of anilines is 1. The number of nitro benzene ring substituents is 1. The van der Waals surface area contributed by atoms with E-state index in [2.05, 4.69) is 19.2 Å². The molecule has 5 heteroatoms. The lowest BCUT2D eigenvalue weighted by Crippen LogP contribution is -1.98. The van der Waals surface area contributed by atoms with Crippen molar-refractivity contribution in [1.29, 1.82) is 0 Å². The van der Waals surface area contributed by atoms with Crippen LogP contribution in [0.2, 0.25) is 0 Å². The Kier molecular flexibility index (Phi) is 5.28. The van der Waals surface area contributed by atoms with Gasteiger partial charge in [-0.3, -0.25) is 10.1 Å². The zero-order valence-electron chi connectivity index (χ0n) is 10.4. The molecule has 1 atom stereocenters. The zero-order chi connectivity index (χ0) is 12.8. The summed E-state index contributed by atoms with van der Waals surface area (Å²) in [5, 5.41) is 14.2. The molecule has 1 aromatic carbocycles. The Morgan fingerprint density at radius 1 is 1.53 bits per heavy atom. The van der Waals surface area contributed by atoms with Crippen molar-refractivity contribution in [2.24, 2.45) is 0 Å². The molecule has 1 aromatic rings. The normalized spacial score (nSPS) is 12.2. The summed E-state index contributed by atoms with van der Waals surface area (Å²) in [5.41, 5.74) is 1.83. The molecule has 0 amide bonds. The largest absolute Gasteiger partial charge is 0.383 e. The zero-order valence-corrected chi connectivity index (χ0v) is 11.2. The van der Waals surface area contributed by atoms with Crippen LogP contribution in [0.1, 0.15) is 25.8 Å². The number of rotatable bonds is 6. The first kappa shape index (κ1) is 13.8. The molecule has 1 N–H and O–H groups in total. The minimum Gasteiger partial charge on any atom is -0.383 e. The molecule has 1 unspecified atom stereocenters. The average Bonchev–Trinajstić information content (AvgIpc) is 2.35. The van der Waals surface area contributed by atoms with E-state index >= 15 is 0 Å². The molecule has 0 aliphatic carbocycles. The highest BCUT2D eigenvalue weighted by molar-refractivity contribution is 7.99. The smallest absolute Gasteiger partial charge is 0.292 e. The molecule has 0 saturated heterocycles. The van der Waals surface area contributed by atoms with Gasteiger partial charge in [0.15, 0.2) is 0 Å². The van der Waals surface area contributed by atoms with E-state index in [1.807, 2.05) is 23.9 Å². The monoisotopic (exact) mass is 254 g/mol. The van der Waals surface area contributed by atoms with Crippen LogP contribution in [0, 0.1) is 10.1 Å². The van der Waals surface area contributed by atoms with Gasteiger partial charge >= 0.3 is 0 Å². The summed E-state index contributed by atoms with van der Waals surface area (Å²) < 4.78 is 0. The molecule has 0 aliphatic heterocycles. The first-order valence-electron chi connectivity index (χ1n) is 5.65. The number of hydrogen-bond acceptors (Lipinski definition) is 4. The second-order valence-corrected chi connectivity index (χ2v) is 5.32. The minimum atomic E-state index is -0.364. The summed E-state index contributed by atoms with van der Waals surface area (Å²) in [5.74, 6) is 0.891. The van der Waals surface area contributed by atoms with Crippen molar-refractivity contribution < 1.29 is 4.92 Å². The maximum Gasteiger partial charge on any atom is 0.292 e. The average molecular weight is 254 g/mol. The number of hydrogen-bond donors (Lipinski definition) is 1. The van der Waals surface area contributed by atoms with E-state index in [4.69, 9.17) is 0 Å². The quantitative estimate of drug-likeness (QED) is 0.621. The Balaban J connectivity index is 2.79. The number of nitrogens with one attached hydrogen (secondary N) is 1. The van der Waals surface area contributed by atoms with Gasteiger partial charge in [-0.25, -0.2) is 0 Å². The van der Waals surface area contributed by atoms with Crippen molar-refractivity contribution in [2.75, 3.05) is 12.4 Å². The Labute approximate surface area is 106 Å². The molecule has 17 heavy (non-hydrogen) atoms. The van der Waals surface area contributed by atoms with Crippen molar-refractivity contribution in [1.82, 2.24) is 0 Å². The van der Waals surface area contributed by atoms with Crippen LogP contribution in [-0.2, 0) is 5.75 Å². The Morgan fingerprint density at radius 3 is 2.76 bits per heavy atom. The molecule has 94 valence electrons. The van der Waals surface area contributed by atoms with Crippen molar-refractivity contribution in [3.8, 4) is 0 Å². The molecule has 0 saturated carbocycles. The molecule has 0 fully saturated rings. The molecular weight excluding hydrogens is 236 g/mol. The van der Waals surface area contributed by atoms with Gasteiger partial charge in [-0.1, -0.05) is 19.9 Å². The molecule has 0 aliphatic rings. The van der Waals surface area contributed by atoms with E-state index < -0.39 is 0 Å². The van der Waals surface area contributed by atoms with Crippen LogP contribution in [0.25, 0.3) is 0 Å². The molecule has 0 aromatic heterocycles. The first-order chi connectivity index (χ1) is 8.08. The van der Waals surface area contributed by atoms with E-state index in [1.54, 1.807) is 13.1 Å². The van der Waals surface area contributed by atoms with Gasteiger partial charge in [0, 0.05) is 24.1 Å². The third-order valence-corrected chi connectivity index (χ3v) is 4.04. The first-order valence-corrected chi connectivity index (χ1v) is 6.70. The second-order valence-electron chi connectivity index (χ2n) is 3.89. The van der Waals surface area contributed by atoms with Crippen LogP contribution in [0.3, 0.4) is 0 Å². The number of nitro groups is 1. The molecule has 0 spiro atoms. The van der Waals surface area contributed by atoms with Gasteiger partial charge in [0.2, 0.25) is 0 Å². The molecule has 1 rings (SSSR count). The fraction of sp³-hybridized carbons (Fsp3) is 0.500. The summed E-state index contributed by atoms with van der Waals surface area (Å²) in [7, 11) is 1.70. The maximum atomic E-state index is 10.8. The van der Waals surface area contributed by atoms with Gasteiger partial charge in [-0.2, -0.15) is 11.8 Å². The number of thioether (sulfide) groups is 1. The van der Waals surface area contributed by atoms with Crippen molar-refractivity contribution >= 4 is 23.1 Å². The molecule has 0 bridgehead atoms. The summed E-state index contributed by atoms with van der Waals surface area (Å²) in [6, 6.07) is 5.25. The minimum absolute atomic E-state index is 0.129. The molecule has 4 nitrogen and oxygen atoms in total. The van der Waals surface area contributed by atoms with Crippen LogP contribution in [0.5, 0.6) is 0 Å². The number of benzene rings is 1. The topological polar surface area (TPSA) is 55.2 Å². The van der Waals surface area contributed by atoms with Crippen LogP contribution in [0.4, 0.5) is 11.4 Å². The Bertz CT molecular complexity index is 396. The number of nitrogens with zero attached hydrogens (tertiary/aromatic N) is 1. The maximum absolute atomic E-state index is 10.8. The highest BCUT2D eigenvalue weighted by Gasteiger charge is 2.12. The lowest BCUT2D eigenvalue weighted by atomic mass is 10.2. The predicted octanol–water partition coefficient (Wildman–Crippen LogP) is 3.67. The van der Waals surface area contributed by atoms with Crippen LogP contribution >= 0.6 is 11.8 Å².